The molecule has 0 amide bonds. The summed E-state index contributed by atoms with van der Waals surface area (Å²) in [6.45, 7) is 4.10. The zero-order valence-electron chi connectivity index (χ0n) is 13.2. The van der Waals surface area contributed by atoms with Crippen molar-refractivity contribution in [1.29, 1.82) is 0 Å². The Hall–Kier alpha value is -1.42. The van der Waals surface area contributed by atoms with Gasteiger partial charge < -0.3 is 10.2 Å². The van der Waals surface area contributed by atoms with E-state index in [9.17, 15) is 8.42 Å². The summed E-state index contributed by atoms with van der Waals surface area (Å²) in [5.74, 6) is 0. The molecule has 1 aromatic carbocycles. The Morgan fingerprint density at radius 2 is 2.26 bits per heavy atom. The molecule has 1 fully saturated rings. The fraction of sp³-hybridized carbons (Fsp3) is 0.500. The van der Waals surface area contributed by atoms with Gasteiger partial charge in [-0.15, -0.1) is 0 Å². The van der Waals surface area contributed by atoms with Crippen LogP contribution in [0.25, 0.3) is 0 Å². The number of nitrogens with one attached hydrogen (secondary N) is 2. The Labute approximate surface area is 143 Å². The van der Waals surface area contributed by atoms with E-state index in [0.29, 0.717) is 19.5 Å². The highest BCUT2D eigenvalue weighted by Crippen LogP contribution is 2.26. The van der Waals surface area contributed by atoms with E-state index in [4.69, 9.17) is 18.0 Å². The highest BCUT2D eigenvalue weighted by Gasteiger charge is 2.27. The molecule has 23 heavy (non-hydrogen) atoms. The Morgan fingerprint density at radius 3 is 2.91 bits per heavy atom. The lowest BCUT2D eigenvalue weighted by molar-refractivity contribution is 0.478. The molecule has 0 unspecified atom stereocenters. The molecule has 1 aromatic rings. The minimum Gasteiger partial charge on any atom is -0.385 e. The number of anilines is 1. The van der Waals surface area contributed by atoms with Crippen LogP contribution in [0.2, 0.25) is 5.02 Å². The van der Waals surface area contributed by atoms with E-state index in [1.807, 2.05) is 0 Å². The summed E-state index contributed by atoms with van der Waals surface area (Å²) in [6, 6.07) is 7.31. The Kier molecular flexibility index (Phi) is 6.17. The molecule has 0 bridgehead atoms. The predicted molar refractivity (Wildman–Crippen MR) is 94.0 cm³/mol. The molecule has 5 nitrogen and oxygen atoms in total. The van der Waals surface area contributed by atoms with Crippen molar-refractivity contribution in [2.45, 2.75) is 37.1 Å². The minimum absolute atomic E-state index is 0.0971. The molecule has 0 aromatic heterocycles. The number of nitrogens with zero attached hydrogens (tertiary/aromatic N) is 1. The van der Waals surface area contributed by atoms with E-state index in [2.05, 4.69) is 23.0 Å². The topological polar surface area (TPSA) is 61.4 Å². The van der Waals surface area contributed by atoms with Crippen molar-refractivity contribution < 1.29 is 8.42 Å². The van der Waals surface area contributed by atoms with Crippen LogP contribution in [0, 0.1) is 12.5 Å². The number of halogens is 1. The summed E-state index contributed by atoms with van der Waals surface area (Å²) in [4.78, 5) is 1.86. The predicted octanol–water partition coefficient (Wildman–Crippen LogP) is 2.50. The van der Waals surface area contributed by atoms with Gasteiger partial charge in [-0.2, -0.15) is 0 Å². The van der Waals surface area contributed by atoms with Gasteiger partial charge in [0.15, 0.2) is 0 Å². The van der Waals surface area contributed by atoms with Crippen LogP contribution in [-0.2, 0) is 10.0 Å². The van der Waals surface area contributed by atoms with Crippen molar-refractivity contribution in [2.75, 3.05) is 25.0 Å². The number of terminal acetylenes is 1. The van der Waals surface area contributed by atoms with Crippen LogP contribution < -0.4 is 10.0 Å². The molecule has 0 aliphatic carbocycles. The summed E-state index contributed by atoms with van der Waals surface area (Å²) >= 11 is 6.09. The number of hydrogen-bond acceptors (Lipinski definition) is 4. The van der Waals surface area contributed by atoms with Crippen LogP contribution in [-0.4, -0.2) is 39.0 Å². The second-order valence-corrected chi connectivity index (χ2v) is 7.70. The van der Waals surface area contributed by atoms with E-state index in [1.54, 1.807) is 23.1 Å². The molecular weight excluding hydrogens is 334 g/mol. The number of sulfonamides is 1. The summed E-state index contributed by atoms with van der Waals surface area (Å²) in [5.41, 5.74) is 0.750. The number of likely N-dealkylation sites (tertiary alicyclic amines) is 1. The van der Waals surface area contributed by atoms with Gasteiger partial charge in [-0.05, 0) is 31.0 Å². The lowest BCUT2D eigenvalue weighted by Crippen LogP contribution is -2.36. The van der Waals surface area contributed by atoms with Gasteiger partial charge in [0, 0.05) is 37.4 Å². The Balaban J connectivity index is 2.12. The van der Waals surface area contributed by atoms with E-state index in [0.717, 1.165) is 25.1 Å². The highest BCUT2D eigenvalue weighted by molar-refractivity contribution is 7.89. The van der Waals surface area contributed by atoms with Crippen molar-refractivity contribution in [3.05, 3.63) is 23.2 Å². The highest BCUT2D eigenvalue weighted by atomic mass is 35.5. The lowest BCUT2D eigenvalue weighted by atomic mass is 10.3. The SMILES string of the molecule is C#CN1CC[C@@H](NS(=O)(=O)c2cc(NCCCC)ccc2Cl)C1. The zero-order chi connectivity index (χ0) is 16.9. The molecule has 1 saturated heterocycles. The maximum absolute atomic E-state index is 12.6. The van der Waals surface area contributed by atoms with Gasteiger partial charge in [0.05, 0.1) is 5.02 Å². The molecule has 1 aliphatic heterocycles. The first kappa shape index (κ1) is 17.9. The van der Waals surface area contributed by atoms with Gasteiger partial charge in [-0.3, -0.25) is 0 Å². The quantitative estimate of drug-likeness (QED) is 0.582. The van der Waals surface area contributed by atoms with Gasteiger partial charge in [0.2, 0.25) is 10.0 Å². The molecule has 2 rings (SSSR count). The van der Waals surface area contributed by atoms with Crippen LogP contribution in [0.1, 0.15) is 26.2 Å². The van der Waals surface area contributed by atoms with Crippen LogP contribution in [0.4, 0.5) is 5.69 Å². The Bertz CT molecular complexity index is 685. The molecular formula is C16H22ClN3O2S. The fourth-order valence-electron chi connectivity index (χ4n) is 2.49. The van der Waals surface area contributed by atoms with E-state index in [1.165, 1.54) is 0 Å². The first-order chi connectivity index (χ1) is 11.0. The van der Waals surface area contributed by atoms with Gasteiger partial charge in [-0.25, -0.2) is 13.1 Å². The largest absolute Gasteiger partial charge is 0.385 e. The van der Waals surface area contributed by atoms with Crippen LogP contribution in [0.5, 0.6) is 0 Å². The third kappa shape index (κ3) is 4.77. The number of hydrogen-bond donors (Lipinski definition) is 2. The van der Waals surface area contributed by atoms with E-state index in [-0.39, 0.29) is 16.0 Å². The maximum atomic E-state index is 12.6. The summed E-state index contributed by atoms with van der Waals surface area (Å²) in [6.07, 6.45) is 8.12. The third-order valence-electron chi connectivity index (χ3n) is 3.77. The molecule has 2 N–H and O–H groups in total. The minimum atomic E-state index is -3.68. The molecule has 1 heterocycles. The molecule has 1 aliphatic rings. The van der Waals surface area contributed by atoms with Crippen molar-refractivity contribution in [3.63, 3.8) is 0 Å². The van der Waals surface area contributed by atoms with E-state index >= 15 is 0 Å². The van der Waals surface area contributed by atoms with Crippen LogP contribution in [0.15, 0.2) is 23.1 Å². The zero-order valence-corrected chi connectivity index (χ0v) is 14.8. The molecule has 0 radical (unpaired) electrons. The molecule has 0 saturated carbocycles. The summed E-state index contributed by atoms with van der Waals surface area (Å²) in [7, 11) is -3.68. The van der Waals surface area contributed by atoms with Gasteiger partial charge in [-0.1, -0.05) is 31.4 Å². The normalized spacial score (nSPS) is 18.0. The maximum Gasteiger partial charge on any atom is 0.242 e. The van der Waals surface area contributed by atoms with Crippen molar-refractivity contribution in [2.24, 2.45) is 0 Å². The second kappa shape index (κ2) is 7.91. The summed E-state index contributed by atoms with van der Waals surface area (Å²) < 4.78 is 27.9. The van der Waals surface area contributed by atoms with Crippen molar-refractivity contribution >= 4 is 27.3 Å². The van der Waals surface area contributed by atoms with Crippen LogP contribution >= 0.6 is 11.6 Å². The van der Waals surface area contributed by atoms with Crippen LogP contribution in [0.3, 0.4) is 0 Å². The third-order valence-corrected chi connectivity index (χ3v) is 5.77. The standard InChI is InChI=1S/C16H22ClN3O2S/c1-3-5-9-18-13-6-7-15(17)16(11-13)23(21,22)19-14-8-10-20(4-2)12-14/h2,6-7,11,14,18-19H,3,5,8-10,12H2,1H3/t14-/m1/s1. The monoisotopic (exact) mass is 355 g/mol. The molecule has 0 spiro atoms. The Morgan fingerprint density at radius 1 is 1.48 bits per heavy atom. The second-order valence-electron chi connectivity index (χ2n) is 5.61. The van der Waals surface area contributed by atoms with Gasteiger partial charge in [0.25, 0.3) is 0 Å². The number of unbranched alkanes of at least 4 members (excludes halogenated alkanes) is 1. The number of rotatable bonds is 7. The fourth-order valence-corrected chi connectivity index (χ4v) is 4.27. The van der Waals surface area contributed by atoms with Gasteiger partial charge in [0.1, 0.15) is 4.90 Å². The molecule has 126 valence electrons. The molecule has 1 atom stereocenters. The van der Waals surface area contributed by atoms with Gasteiger partial charge >= 0.3 is 0 Å². The average molecular weight is 356 g/mol. The smallest absolute Gasteiger partial charge is 0.242 e. The molecule has 7 heteroatoms. The van der Waals surface area contributed by atoms with Crippen molar-refractivity contribution in [3.8, 4) is 12.5 Å². The summed E-state index contributed by atoms with van der Waals surface area (Å²) in [5, 5.41) is 3.42. The lowest BCUT2D eigenvalue weighted by Gasteiger charge is -2.15. The van der Waals surface area contributed by atoms with E-state index < -0.39 is 10.0 Å². The first-order valence-electron chi connectivity index (χ1n) is 7.73. The average Bonchev–Trinajstić information content (AvgIpc) is 2.96. The van der Waals surface area contributed by atoms with Crippen molar-refractivity contribution in [1.82, 2.24) is 9.62 Å². The first-order valence-corrected chi connectivity index (χ1v) is 9.59. The number of benzene rings is 1.